The average molecular weight is 591 g/mol. The number of carbonyl (C=O) groups is 2. The summed E-state index contributed by atoms with van der Waals surface area (Å²) in [4.78, 5) is 21.5. The maximum atomic E-state index is 10.7. The van der Waals surface area contributed by atoms with Crippen LogP contribution in [-0.4, -0.2) is 49.2 Å². The van der Waals surface area contributed by atoms with Gasteiger partial charge >= 0.3 is 23.1 Å². The Hall–Kier alpha value is -4.73. The van der Waals surface area contributed by atoms with Crippen LogP contribution in [0.3, 0.4) is 0 Å². The minimum absolute atomic E-state index is 0. The van der Waals surface area contributed by atoms with Crippen molar-refractivity contribution in [2.24, 2.45) is 0 Å². The molecule has 0 unspecified atom stereocenters. The summed E-state index contributed by atoms with van der Waals surface area (Å²) >= 11 is 0. The Labute approximate surface area is 267 Å². The van der Waals surface area contributed by atoms with Gasteiger partial charge in [0.1, 0.15) is 48.2 Å². The van der Waals surface area contributed by atoms with Gasteiger partial charge in [-0.05, 0) is 58.7 Å². The predicted octanol–water partition coefficient (Wildman–Crippen LogP) is 3.62. The molecule has 0 saturated heterocycles. The Morgan fingerprint density at radius 3 is 1.16 bits per heavy atom. The molecule has 0 aliphatic rings. The SMILES string of the molecule is CO/C(=C\c1ccc(OCc2ccccc2)cc1)C(=O)[O-].CO/C(=C\c1ccc(OCc2ccccc2)cc1)C(=O)[O-].[Mg+2]. The van der Waals surface area contributed by atoms with Gasteiger partial charge < -0.3 is 38.7 Å². The largest absolute Gasteiger partial charge is 2.00 e. The van der Waals surface area contributed by atoms with Crippen molar-refractivity contribution in [1.82, 2.24) is 0 Å². The Morgan fingerprint density at radius 2 is 0.884 bits per heavy atom. The molecule has 216 valence electrons. The van der Waals surface area contributed by atoms with E-state index in [1.165, 1.54) is 26.4 Å². The van der Waals surface area contributed by atoms with Gasteiger partial charge in [0.25, 0.3) is 0 Å². The standard InChI is InChI=1S/2C17H16O4.Mg/c2*1-20-16(17(18)19)11-13-7-9-15(10-8-13)21-12-14-5-3-2-4-6-14;/h2*2-11H,12H2,1H3,(H,18,19);/q;;+2/p-2/b2*16-11-;. The molecule has 0 spiro atoms. The van der Waals surface area contributed by atoms with Crippen molar-refractivity contribution in [1.29, 1.82) is 0 Å². The van der Waals surface area contributed by atoms with Crippen LogP contribution in [0, 0.1) is 0 Å². The van der Waals surface area contributed by atoms with Crippen LogP contribution in [0.2, 0.25) is 0 Å². The summed E-state index contributed by atoms with van der Waals surface area (Å²) in [5.41, 5.74) is 3.56. The van der Waals surface area contributed by atoms with Gasteiger partial charge in [-0.1, -0.05) is 84.9 Å². The molecular weight excluding hydrogens is 561 g/mol. The van der Waals surface area contributed by atoms with Crippen molar-refractivity contribution in [3.63, 3.8) is 0 Å². The van der Waals surface area contributed by atoms with Crippen LogP contribution in [0.5, 0.6) is 11.5 Å². The zero-order valence-corrected chi connectivity index (χ0v) is 25.3. The van der Waals surface area contributed by atoms with E-state index in [-0.39, 0.29) is 34.6 Å². The first-order chi connectivity index (χ1) is 20.4. The number of benzene rings is 4. The normalized spacial score (nSPS) is 10.7. The predicted molar refractivity (Wildman–Crippen MR) is 160 cm³/mol. The van der Waals surface area contributed by atoms with Crippen LogP contribution in [0.1, 0.15) is 22.3 Å². The maximum Gasteiger partial charge on any atom is 2.00 e. The zero-order valence-electron chi connectivity index (χ0n) is 23.9. The maximum absolute atomic E-state index is 10.7. The quantitative estimate of drug-likeness (QED) is 0.140. The van der Waals surface area contributed by atoms with Gasteiger partial charge in [0.05, 0.1) is 14.2 Å². The minimum Gasteiger partial charge on any atom is -0.542 e. The van der Waals surface area contributed by atoms with Crippen molar-refractivity contribution in [2.45, 2.75) is 13.2 Å². The van der Waals surface area contributed by atoms with E-state index in [4.69, 9.17) is 18.9 Å². The van der Waals surface area contributed by atoms with Crippen LogP contribution in [0.4, 0.5) is 0 Å². The van der Waals surface area contributed by atoms with E-state index < -0.39 is 11.9 Å². The molecule has 0 heterocycles. The van der Waals surface area contributed by atoms with E-state index in [9.17, 15) is 19.8 Å². The number of hydrogen-bond acceptors (Lipinski definition) is 8. The van der Waals surface area contributed by atoms with Crippen molar-refractivity contribution in [3.8, 4) is 11.5 Å². The smallest absolute Gasteiger partial charge is 0.542 e. The molecular formula is C34H30MgO8. The first-order valence-electron chi connectivity index (χ1n) is 12.9. The van der Waals surface area contributed by atoms with Gasteiger partial charge in [-0.15, -0.1) is 0 Å². The molecule has 0 N–H and O–H groups in total. The van der Waals surface area contributed by atoms with Gasteiger partial charge in [0.15, 0.2) is 0 Å². The number of carboxylic acid groups (broad SMARTS) is 2. The van der Waals surface area contributed by atoms with Gasteiger partial charge in [-0.3, -0.25) is 0 Å². The molecule has 0 aliphatic carbocycles. The summed E-state index contributed by atoms with van der Waals surface area (Å²) in [6.07, 6.45) is 2.80. The molecule has 0 fully saturated rings. The van der Waals surface area contributed by atoms with Crippen molar-refractivity contribution in [3.05, 3.63) is 143 Å². The molecule has 0 radical (unpaired) electrons. The summed E-state index contributed by atoms with van der Waals surface area (Å²) in [7, 11) is 2.58. The van der Waals surface area contributed by atoms with Gasteiger partial charge in [0, 0.05) is 0 Å². The van der Waals surface area contributed by atoms with Gasteiger partial charge in [-0.25, -0.2) is 0 Å². The number of methoxy groups -OCH3 is 2. The summed E-state index contributed by atoms with van der Waals surface area (Å²) < 4.78 is 20.7. The van der Waals surface area contributed by atoms with E-state index in [0.29, 0.717) is 35.8 Å². The second-order valence-corrected chi connectivity index (χ2v) is 8.69. The first kappa shape index (κ1) is 34.5. The summed E-state index contributed by atoms with van der Waals surface area (Å²) in [6, 6.07) is 33.8. The van der Waals surface area contributed by atoms with Crippen molar-refractivity contribution >= 4 is 47.1 Å². The summed E-state index contributed by atoms with van der Waals surface area (Å²) in [5, 5.41) is 21.5. The van der Waals surface area contributed by atoms with Gasteiger partial charge in [0.2, 0.25) is 0 Å². The molecule has 0 saturated carbocycles. The summed E-state index contributed by atoms with van der Waals surface area (Å²) in [5.74, 6) is -1.70. The van der Waals surface area contributed by atoms with Crippen LogP contribution < -0.4 is 19.7 Å². The van der Waals surface area contributed by atoms with Crippen LogP contribution >= 0.6 is 0 Å². The molecule has 4 rings (SSSR count). The number of aliphatic carboxylic acids is 2. The molecule has 0 bridgehead atoms. The minimum atomic E-state index is -1.35. The second-order valence-electron chi connectivity index (χ2n) is 8.69. The van der Waals surface area contributed by atoms with Crippen molar-refractivity contribution < 1.29 is 38.7 Å². The third kappa shape index (κ3) is 12.3. The molecule has 0 amide bonds. The van der Waals surface area contributed by atoms with E-state index in [0.717, 1.165) is 11.1 Å². The Kier molecular flexibility index (Phi) is 14.9. The average Bonchev–Trinajstić information content (AvgIpc) is 3.02. The number of rotatable bonds is 12. The van der Waals surface area contributed by atoms with E-state index in [2.05, 4.69) is 0 Å². The Balaban J connectivity index is 0.000000293. The fourth-order valence-corrected chi connectivity index (χ4v) is 3.51. The fraction of sp³-hybridized carbons (Fsp3) is 0.118. The number of carboxylic acids is 2. The van der Waals surface area contributed by atoms with Crippen molar-refractivity contribution in [2.75, 3.05) is 14.2 Å². The molecule has 0 atom stereocenters. The number of carbonyl (C=O) groups excluding carboxylic acids is 2. The summed E-state index contributed by atoms with van der Waals surface area (Å²) in [6.45, 7) is 0.969. The second kappa shape index (κ2) is 18.6. The van der Waals surface area contributed by atoms with E-state index in [1.807, 2.05) is 60.7 Å². The molecule has 8 nitrogen and oxygen atoms in total. The zero-order chi connectivity index (χ0) is 30.2. The number of hydrogen-bond donors (Lipinski definition) is 0. The molecule has 0 aliphatic heterocycles. The first-order valence-corrected chi connectivity index (χ1v) is 12.9. The molecule has 0 aromatic heterocycles. The van der Waals surface area contributed by atoms with Crippen LogP contribution in [0.25, 0.3) is 12.2 Å². The van der Waals surface area contributed by atoms with E-state index >= 15 is 0 Å². The third-order valence-electron chi connectivity index (χ3n) is 5.69. The Bertz CT molecular complexity index is 1350. The molecule has 4 aromatic rings. The van der Waals surface area contributed by atoms with Crippen LogP contribution in [-0.2, 0) is 32.3 Å². The topological polar surface area (TPSA) is 117 Å². The number of ether oxygens (including phenoxy) is 4. The third-order valence-corrected chi connectivity index (χ3v) is 5.69. The Morgan fingerprint density at radius 1 is 0.558 bits per heavy atom. The van der Waals surface area contributed by atoms with Crippen LogP contribution in [0.15, 0.2) is 121 Å². The monoisotopic (exact) mass is 590 g/mol. The molecule has 43 heavy (non-hydrogen) atoms. The van der Waals surface area contributed by atoms with E-state index in [1.54, 1.807) is 48.5 Å². The van der Waals surface area contributed by atoms with Gasteiger partial charge in [-0.2, -0.15) is 0 Å². The molecule has 9 heteroatoms. The fourth-order valence-electron chi connectivity index (χ4n) is 3.51. The molecule has 4 aromatic carbocycles.